The first kappa shape index (κ1) is 9.13. The quantitative estimate of drug-likeness (QED) is 0.785. The maximum Gasteiger partial charge on any atom is 0.150 e. The van der Waals surface area contributed by atoms with Crippen LogP contribution in [0.25, 0.3) is 0 Å². The Balaban J connectivity index is 2.05. The number of para-hydroxylation sites is 2. The number of unbranched alkanes of at least 4 members (excludes halogenated alkanes) is 1. The zero-order valence-electron chi connectivity index (χ0n) is 8.12. The van der Waals surface area contributed by atoms with Crippen molar-refractivity contribution >= 4 is 5.69 Å². The van der Waals surface area contributed by atoms with Crippen molar-refractivity contribution in [1.29, 1.82) is 0 Å². The second-order valence-corrected chi connectivity index (χ2v) is 3.31. The largest absolute Gasteiger partial charge is 0.458 e. The van der Waals surface area contributed by atoms with Gasteiger partial charge in [0.25, 0.3) is 0 Å². The predicted molar refractivity (Wildman–Crippen MR) is 58.0 cm³/mol. The fourth-order valence-corrected chi connectivity index (χ4v) is 1.43. The number of rotatable bonds is 3. The summed E-state index contributed by atoms with van der Waals surface area (Å²) in [4.78, 5) is 0. The number of ether oxygens (including phenoxy) is 1. The van der Waals surface area contributed by atoms with Crippen LogP contribution in [0.4, 0.5) is 5.69 Å². The molecular weight excluding hydrogens is 174 g/mol. The summed E-state index contributed by atoms with van der Waals surface area (Å²) in [6.45, 7) is 3.81. The Hall–Kier alpha value is -1.44. The van der Waals surface area contributed by atoms with Gasteiger partial charge in [-0.05, 0) is 18.6 Å². The van der Waals surface area contributed by atoms with Crippen molar-refractivity contribution in [1.82, 2.24) is 0 Å². The summed E-state index contributed by atoms with van der Waals surface area (Å²) < 4.78 is 5.70. The Morgan fingerprint density at radius 1 is 1.29 bits per heavy atom. The Kier molecular flexibility index (Phi) is 2.73. The summed E-state index contributed by atoms with van der Waals surface area (Å²) in [5.74, 6) is 1.90. The lowest BCUT2D eigenvalue weighted by atomic mass is 10.2. The molecule has 0 unspecified atom stereocenters. The zero-order valence-corrected chi connectivity index (χ0v) is 8.12. The van der Waals surface area contributed by atoms with Gasteiger partial charge in [-0.25, -0.2) is 0 Å². The van der Waals surface area contributed by atoms with E-state index in [1.54, 1.807) is 0 Å². The van der Waals surface area contributed by atoms with Gasteiger partial charge >= 0.3 is 0 Å². The Morgan fingerprint density at radius 3 is 3.00 bits per heavy atom. The molecule has 0 aromatic heterocycles. The normalized spacial score (nSPS) is 13.6. The molecule has 0 spiro atoms. The summed E-state index contributed by atoms with van der Waals surface area (Å²) in [5, 5.41) is 3.21. The zero-order chi connectivity index (χ0) is 9.80. The lowest BCUT2D eigenvalue weighted by Gasteiger charge is -2.18. The highest BCUT2D eigenvalue weighted by atomic mass is 16.5. The molecule has 73 valence electrons. The van der Waals surface area contributed by atoms with Crippen LogP contribution < -0.4 is 10.1 Å². The van der Waals surface area contributed by atoms with Crippen molar-refractivity contribution in [2.45, 2.75) is 19.3 Å². The number of hydrogen-bond donors (Lipinski definition) is 1. The lowest BCUT2D eigenvalue weighted by Crippen LogP contribution is -2.06. The molecule has 0 bridgehead atoms. The Labute approximate surface area is 84.6 Å². The lowest BCUT2D eigenvalue weighted by molar-refractivity contribution is 0.395. The molecule has 1 N–H and O–H groups in total. The summed E-state index contributed by atoms with van der Waals surface area (Å²) in [6, 6.07) is 7.94. The van der Waals surface area contributed by atoms with Crippen LogP contribution in [-0.2, 0) is 0 Å². The molecular formula is C12H14NO. The van der Waals surface area contributed by atoms with E-state index in [2.05, 4.69) is 12.2 Å². The van der Waals surface area contributed by atoms with Gasteiger partial charge in [-0.15, -0.1) is 0 Å². The molecule has 0 amide bonds. The SMILES string of the molecule is [CH2]CCCC1=CNc2ccccc2O1. The maximum atomic E-state index is 5.70. The molecule has 0 atom stereocenters. The van der Waals surface area contributed by atoms with Gasteiger partial charge < -0.3 is 10.1 Å². The topological polar surface area (TPSA) is 21.3 Å². The van der Waals surface area contributed by atoms with Crippen LogP contribution in [0.5, 0.6) is 5.75 Å². The molecule has 1 heterocycles. The first-order valence-corrected chi connectivity index (χ1v) is 4.92. The fraction of sp³-hybridized carbons (Fsp3) is 0.250. The average Bonchev–Trinajstić information content (AvgIpc) is 2.26. The van der Waals surface area contributed by atoms with Gasteiger partial charge in [0.1, 0.15) is 11.5 Å². The van der Waals surface area contributed by atoms with Gasteiger partial charge in [0.2, 0.25) is 0 Å². The summed E-state index contributed by atoms with van der Waals surface area (Å²) in [6.07, 6.45) is 4.89. The molecule has 0 aliphatic carbocycles. The third-order valence-corrected chi connectivity index (χ3v) is 2.19. The number of benzene rings is 1. The predicted octanol–water partition coefficient (Wildman–Crippen LogP) is 3.34. The van der Waals surface area contributed by atoms with Crippen LogP contribution in [0, 0.1) is 6.92 Å². The van der Waals surface area contributed by atoms with Crippen molar-refractivity contribution in [3.05, 3.63) is 43.1 Å². The highest BCUT2D eigenvalue weighted by Crippen LogP contribution is 2.30. The van der Waals surface area contributed by atoms with E-state index in [9.17, 15) is 0 Å². The van der Waals surface area contributed by atoms with E-state index in [1.165, 1.54) is 0 Å². The highest BCUT2D eigenvalue weighted by Gasteiger charge is 2.10. The molecule has 0 saturated heterocycles. The second-order valence-electron chi connectivity index (χ2n) is 3.31. The minimum Gasteiger partial charge on any atom is -0.458 e. The summed E-state index contributed by atoms with van der Waals surface area (Å²) >= 11 is 0. The van der Waals surface area contributed by atoms with Crippen molar-refractivity contribution in [2.75, 3.05) is 5.32 Å². The van der Waals surface area contributed by atoms with Crippen molar-refractivity contribution in [3.63, 3.8) is 0 Å². The van der Waals surface area contributed by atoms with Gasteiger partial charge in [-0.3, -0.25) is 0 Å². The highest BCUT2D eigenvalue weighted by molar-refractivity contribution is 5.60. The van der Waals surface area contributed by atoms with Crippen LogP contribution in [0.2, 0.25) is 0 Å². The van der Waals surface area contributed by atoms with Crippen LogP contribution in [0.3, 0.4) is 0 Å². The molecule has 2 heteroatoms. The number of hydrogen-bond acceptors (Lipinski definition) is 2. The van der Waals surface area contributed by atoms with E-state index < -0.39 is 0 Å². The number of anilines is 1. The molecule has 0 fully saturated rings. The van der Waals surface area contributed by atoms with Gasteiger partial charge in [-0.1, -0.05) is 25.5 Å². The van der Waals surface area contributed by atoms with Crippen molar-refractivity contribution in [2.24, 2.45) is 0 Å². The van der Waals surface area contributed by atoms with E-state index in [4.69, 9.17) is 4.74 Å². The second kappa shape index (κ2) is 4.18. The maximum absolute atomic E-state index is 5.70. The van der Waals surface area contributed by atoms with Gasteiger partial charge in [-0.2, -0.15) is 0 Å². The number of fused-ring (bicyclic) bond motifs is 1. The van der Waals surface area contributed by atoms with E-state index in [1.807, 2.05) is 30.5 Å². The number of allylic oxidation sites excluding steroid dienone is 1. The van der Waals surface area contributed by atoms with Gasteiger partial charge in [0.15, 0.2) is 0 Å². The van der Waals surface area contributed by atoms with Crippen LogP contribution in [-0.4, -0.2) is 0 Å². The van der Waals surface area contributed by atoms with Crippen molar-refractivity contribution < 1.29 is 4.74 Å². The Bertz CT molecular complexity index is 344. The summed E-state index contributed by atoms with van der Waals surface area (Å²) in [5.41, 5.74) is 1.03. The average molecular weight is 188 g/mol. The summed E-state index contributed by atoms with van der Waals surface area (Å²) in [7, 11) is 0. The van der Waals surface area contributed by atoms with E-state index in [0.29, 0.717) is 0 Å². The minimum atomic E-state index is 0.911. The first-order chi connectivity index (χ1) is 6.90. The molecule has 0 saturated carbocycles. The van der Waals surface area contributed by atoms with Crippen LogP contribution in [0.15, 0.2) is 36.2 Å². The molecule has 1 aromatic carbocycles. The van der Waals surface area contributed by atoms with Crippen LogP contribution >= 0.6 is 0 Å². The van der Waals surface area contributed by atoms with E-state index in [-0.39, 0.29) is 0 Å². The monoisotopic (exact) mass is 188 g/mol. The smallest absolute Gasteiger partial charge is 0.150 e. The number of nitrogens with one attached hydrogen (secondary N) is 1. The molecule has 2 nitrogen and oxygen atoms in total. The molecule has 14 heavy (non-hydrogen) atoms. The molecule has 2 rings (SSSR count). The standard InChI is InChI=1S/C12H14NO/c1-2-3-6-10-9-13-11-7-4-5-8-12(11)14-10/h4-5,7-9,13H,1-3,6H2. The van der Waals surface area contributed by atoms with E-state index >= 15 is 0 Å². The molecule has 1 aliphatic heterocycles. The third kappa shape index (κ3) is 1.90. The van der Waals surface area contributed by atoms with Gasteiger partial charge in [0.05, 0.1) is 5.69 Å². The van der Waals surface area contributed by atoms with E-state index in [0.717, 1.165) is 36.5 Å². The third-order valence-electron chi connectivity index (χ3n) is 2.19. The first-order valence-electron chi connectivity index (χ1n) is 4.92. The fourth-order valence-electron chi connectivity index (χ4n) is 1.43. The minimum absolute atomic E-state index is 0.911. The van der Waals surface area contributed by atoms with Crippen molar-refractivity contribution in [3.8, 4) is 5.75 Å². The molecule has 1 radical (unpaired) electrons. The molecule has 1 aliphatic rings. The van der Waals surface area contributed by atoms with Gasteiger partial charge in [0, 0.05) is 12.6 Å². The Morgan fingerprint density at radius 2 is 2.14 bits per heavy atom. The molecule has 1 aromatic rings. The van der Waals surface area contributed by atoms with Crippen LogP contribution in [0.1, 0.15) is 19.3 Å².